The van der Waals surface area contributed by atoms with Crippen LogP contribution in [0.15, 0.2) is 46.9 Å². The summed E-state index contributed by atoms with van der Waals surface area (Å²) in [7, 11) is 0. The Labute approximate surface area is 154 Å². The predicted molar refractivity (Wildman–Crippen MR) is 97.2 cm³/mol. The Morgan fingerprint density at radius 3 is 1.74 bits per heavy atom. The Kier molecular flexibility index (Phi) is 4.44. The van der Waals surface area contributed by atoms with E-state index in [0.29, 0.717) is 5.56 Å². The normalized spacial score (nSPS) is 11.4. The lowest BCUT2D eigenvalue weighted by Crippen LogP contribution is -2.10. The van der Waals surface area contributed by atoms with Crippen molar-refractivity contribution in [2.24, 2.45) is 0 Å². The number of nitro groups is 2. The van der Waals surface area contributed by atoms with Gasteiger partial charge in [-0.05, 0) is 23.1 Å². The van der Waals surface area contributed by atoms with E-state index in [1.807, 2.05) is 24.3 Å². The molecule has 0 atom stereocenters. The predicted octanol–water partition coefficient (Wildman–Crippen LogP) is 4.52. The van der Waals surface area contributed by atoms with Gasteiger partial charge in [0.05, 0.1) is 21.5 Å². The minimum Gasteiger partial charge on any atom is -0.416 e. The Hall–Kier alpha value is -3.62. The third kappa shape index (κ3) is 3.81. The summed E-state index contributed by atoms with van der Waals surface area (Å²) < 4.78 is 5.58. The van der Waals surface area contributed by atoms with Crippen molar-refractivity contribution in [3.8, 4) is 22.9 Å². The molecule has 0 aliphatic carbocycles. The van der Waals surface area contributed by atoms with Crippen molar-refractivity contribution in [3.05, 3.63) is 68.3 Å². The third-order valence-electron chi connectivity index (χ3n) is 3.99. The van der Waals surface area contributed by atoms with Crippen LogP contribution in [0.3, 0.4) is 0 Å². The van der Waals surface area contributed by atoms with E-state index in [1.165, 1.54) is 0 Å². The van der Waals surface area contributed by atoms with Gasteiger partial charge in [0.25, 0.3) is 11.4 Å². The fraction of sp³-hybridized carbons (Fsp3) is 0.222. The van der Waals surface area contributed by atoms with Gasteiger partial charge >= 0.3 is 0 Å². The van der Waals surface area contributed by atoms with Crippen LogP contribution in [0.1, 0.15) is 26.3 Å². The van der Waals surface area contributed by atoms with Crippen LogP contribution in [0.25, 0.3) is 22.9 Å². The lowest BCUT2D eigenvalue weighted by molar-refractivity contribution is -0.394. The summed E-state index contributed by atoms with van der Waals surface area (Å²) in [6.45, 7) is 6.30. The Morgan fingerprint density at radius 1 is 0.815 bits per heavy atom. The van der Waals surface area contributed by atoms with E-state index >= 15 is 0 Å². The molecular formula is C18H16N4O5. The van der Waals surface area contributed by atoms with Gasteiger partial charge < -0.3 is 4.42 Å². The van der Waals surface area contributed by atoms with Crippen molar-refractivity contribution < 1.29 is 14.3 Å². The van der Waals surface area contributed by atoms with Crippen molar-refractivity contribution in [2.75, 3.05) is 0 Å². The summed E-state index contributed by atoms with van der Waals surface area (Å²) >= 11 is 0. The van der Waals surface area contributed by atoms with E-state index in [-0.39, 0.29) is 22.8 Å². The molecule has 9 nitrogen and oxygen atoms in total. The summed E-state index contributed by atoms with van der Waals surface area (Å²) in [5.41, 5.74) is 1.09. The fourth-order valence-corrected chi connectivity index (χ4v) is 2.50. The second kappa shape index (κ2) is 6.60. The van der Waals surface area contributed by atoms with E-state index in [9.17, 15) is 20.2 Å². The average Bonchev–Trinajstić information content (AvgIpc) is 3.10. The molecule has 0 aliphatic heterocycles. The third-order valence-corrected chi connectivity index (χ3v) is 3.99. The number of aromatic nitrogens is 2. The molecule has 27 heavy (non-hydrogen) atoms. The van der Waals surface area contributed by atoms with E-state index in [4.69, 9.17) is 4.42 Å². The molecule has 0 saturated heterocycles. The molecule has 0 spiro atoms. The summed E-state index contributed by atoms with van der Waals surface area (Å²) in [4.78, 5) is 20.6. The largest absolute Gasteiger partial charge is 0.416 e. The molecule has 9 heteroatoms. The number of rotatable bonds is 4. The molecule has 1 aromatic heterocycles. The molecular weight excluding hydrogens is 352 g/mol. The highest BCUT2D eigenvalue weighted by atomic mass is 16.6. The number of nitro benzene ring substituents is 2. The summed E-state index contributed by atoms with van der Waals surface area (Å²) in [5, 5.41) is 29.9. The maximum absolute atomic E-state index is 11.0. The number of non-ortho nitro benzene ring substituents is 2. The highest BCUT2D eigenvalue weighted by Gasteiger charge is 2.21. The molecule has 0 saturated carbocycles. The first-order valence-electron chi connectivity index (χ1n) is 8.04. The van der Waals surface area contributed by atoms with Gasteiger partial charge in [-0.15, -0.1) is 10.2 Å². The molecule has 138 valence electrons. The van der Waals surface area contributed by atoms with Crippen LogP contribution in [0, 0.1) is 20.2 Å². The quantitative estimate of drug-likeness (QED) is 0.489. The van der Waals surface area contributed by atoms with Crippen molar-refractivity contribution in [2.45, 2.75) is 26.2 Å². The van der Waals surface area contributed by atoms with E-state index in [2.05, 4.69) is 31.0 Å². The van der Waals surface area contributed by atoms with E-state index < -0.39 is 21.2 Å². The molecule has 0 unspecified atom stereocenters. The van der Waals surface area contributed by atoms with Gasteiger partial charge in [0, 0.05) is 17.7 Å². The molecule has 0 aliphatic rings. The first kappa shape index (κ1) is 18.2. The molecule has 3 rings (SSSR count). The SMILES string of the molecule is CC(C)(C)c1ccc(-c2nnc(-c3cc([N+](=O)[O-])cc([N+](=O)[O-])c3)o2)cc1. The van der Waals surface area contributed by atoms with Crippen molar-refractivity contribution >= 4 is 11.4 Å². The van der Waals surface area contributed by atoms with Gasteiger partial charge in [0.2, 0.25) is 11.8 Å². The molecule has 1 heterocycles. The lowest BCUT2D eigenvalue weighted by atomic mass is 9.87. The minimum absolute atomic E-state index is 0.000438. The van der Waals surface area contributed by atoms with Gasteiger partial charge in [-0.1, -0.05) is 32.9 Å². The first-order valence-corrected chi connectivity index (χ1v) is 8.04. The zero-order valence-electron chi connectivity index (χ0n) is 14.9. The van der Waals surface area contributed by atoms with Gasteiger partial charge in [-0.3, -0.25) is 20.2 Å². The van der Waals surface area contributed by atoms with Crippen molar-refractivity contribution in [1.29, 1.82) is 0 Å². The van der Waals surface area contributed by atoms with Crippen LogP contribution in [-0.2, 0) is 5.41 Å². The van der Waals surface area contributed by atoms with Crippen LogP contribution in [-0.4, -0.2) is 20.0 Å². The highest BCUT2D eigenvalue weighted by Crippen LogP contribution is 2.31. The molecule has 0 fully saturated rings. The molecule has 0 bridgehead atoms. The van der Waals surface area contributed by atoms with Gasteiger partial charge in [-0.25, -0.2) is 0 Å². The number of hydrogen-bond donors (Lipinski definition) is 0. The molecule has 0 amide bonds. The monoisotopic (exact) mass is 368 g/mol. The summed E-state index contributed by atoms with van der Waals surface area (Å²) in [5.74, 6) is 0.191. The van der Waals surface area contributed by atoms with Crippen LogP contribution in [0.4, 0.5) is 11.4 Å². The molecule has 3 aromatic rings. The fourth-order valence-electron chi connectivity index (χ4n) is 2.50. The van der Waals surface area contributed by atoms with Crippen LogP contribution in [0.5, 0.6) is 0 Å². The van der Waals surface area contributed by atoms with Crippen molar-refractivity contribution in [3.63, 3.8) is 0 Å². The maximum Gasteiger partial charge on any atom is 0.277 e. The first-order chi connectivity index (χ1) is 12.6. The second-order valence-corrected chi connectivity index (χ2v) is 6.99. The second-order valence-electron chi connectivity index (χ2n) is 6.99. The lowest BCUT2D eigenvalue weighted by Gasteiger charge is -2.18. The minimum atomic E-state index is -0.709. The Morgan fingerprint density at radius 2 is 1.30 bits per heavy atom. The zero-order chi connectivity index (χ0) is 19.8. The van der Waals surface area contributed by atoms with Crippen molar-refractivity contribution in [1.82, 2.24) is 10.2 Å². The number of benzene rings is 2. The number of nitrogens with zero attached hydrogens (tertiary/aromatic N) is 4. The van der Waals surface area contributed by atoms with Crippen LogP contribution >= 0.6 is 0 Å². The van der Waals surface area contributed by atoms with Gasteiger partial charge in [-0.2, -0.15) is 0 Å². The molecule has 0 N–H and O–H groups in total. The van der Waals surface area contributed by atoms with Gasteiger partial charge in [0.1, 0.15) is 0 Å². The smallest absolute Gasteiger partial charge is 0.277 e. The van der Waals surface area contributed by atoms with E-state index in [0.717, 1.165) is 23.8 Å². The van der Waals surface area contributed by atoms with Crippen LogP contribution < -0.4 is 0 Å². The highest BCUT2D eigenvalue weighted by molar-refractivity contribution is 5.64. The zero-order valence-corrected chi connectivity index (χ0v) is 14.9. The molecule has 2 aromatic carbocycles. The Bertz CT molecular complexity index is 987. The topological polar surface area (TPSA) is 125 Å². The maximum atomic E-state index is 11.0. The summed E-state index contributed by atoms with van der Waals surface area (Å²) in [6.07, 6.45) is 0. The Balaban J connectivity index is 1.98. The molecule has 0 radical (unpaired) electrons. The summed E-state index contributed by atoms with van der Waals surface area (Å²) in [6, 6.07) is 10.8. The average molecular weight is 368 g/mol. The number of hydrogen-bond acceptors (Lipinski definition) is 7. The van der Waals surface area contributed by atoms with Gasteiger partial charge in [0.15, 0.2) is 0 Å². The van der Waals surface area contributed by atoms with Crippen LogP contribution in [0.2, 0.25) is 0 Å². The standard InChI is InChI=1S/C18H16N4O5/c1-18(2,3)13-6-4-11(5-7-13)16-19-20-17(27-16)12-8-14(21(23)24)10-15(9-12)22(25)26/h4-10H,1-3H3. The van der Waals surface area contributed by atoms with E-state index in [1.54, 1.807) is 0 Å².